The molecule has 0 aliphatic carbocycles. The number of hydrogen-bond acceptors (Lipinski definition) is 4. The second-order valence-electron chi connectivity index (χ2n) is 3.92. The quantitative estimate of drug-likeness (QED) is 0.869. The number of anilines is 1. The molecule has 5 nitrogen and oxygen atoms in total. The summed E-state index contributed by atoms with van der Waals surface area (Å²) in [6.45, 7) is 1.67. The van der Waals surface area contributed by atoms with Gasteiger partial charge in [0.25, 0.3) is 0 Å². The number of amides is 1. The molecule has 18 heavy (non-hydrogen) atoms. The number of carbonyl (C=O) groups is 1. The highest BCUT2D eigenvalue weighted by Crippen LogP contribution is 2.27. The van der Waals surface area contributed by atoms with E-state index in [0.717, 1.165) is 0 Å². The molecule has 0 radical (unpaired) electrons. The molecule has 1 amide bonds. The van der Waals surface area contributed by atoms with Gasteiger partial charge in [0.15, 0.2) is 0 Å². The molecule has 0 bridgehead atoms. The van der Waals surface area contributed by atoms with E-state index >= 15 is 0 Å². The van der Waals surface area contributed by atoms with Crippen molar-refractivity contribution in [3.05, 3.63) is 23.2 Å². The van der Waals surface area contributed by atoms with Crippen molar-refractivity contribution in [3.63, 3.8) is 0 Å². The van der Waals surface area contributed by atoms with Gasteiger partial charge in [-0.05, 0) is 18.2 Å². The van der Waals surface area contributed by atoms with Crippen molar-refractivity contribution in [1.82, 2.24) is 5.32 Å². The first-order chi connectivity index (χ1) is 8.70. The largest absolute Gasteiger partial charge is 0.495 e. The Bertz CT molecular complexity index is 433. The zero-order chi connectivity index (χ0) is 13.0. The van der Waals surface area contributed by atoms with Crippen LogP contribution in [0.5, 0.6) is 5.75 Å². The molecule has 1 aliphatic rings. The lowest BCUT2D eigenvalue weighted by Crippen LogP contribution is -2.48. The van der Waals surface area contributed by atoms with Gasteiger partial charge >= 0.3 is 0 Å². The first-order valence-corrected chi connectivity index (χ1v) is 6.04. The van der Waals surface area contributed by atoms with Gasteiger partial charge in [0.2, 0.25) is 5.91 Å². The molecular weight excluding hydrogens is 256 g/mol. The first-order valence-electron chi connectivity index (χ1n) is 5.66. The van der Waals surface area contributed by atoms with Gasteiger partial charge in [-0.2, -0.15) is 0 Å². The maximum atomic E-state index is 12.0. The van der Waals surface area contributed by atoms with Crippen molar-refractivity contribution in [3.8, 4) is 5.75 Å². The van der Waals surface area contributed by atoms with E-state index in [1.165, 1.54) is 0 Å². The summed E-state index contributed by atoms with van der Waals surface area (Å²) in [5.41, 5.74) is 0.558. The predicted octanol–water partition coefficient (Wildman–Crippen LogP) is 1.28. The minimum Gasteiger partial charge on any atom is -0.495 e. The fourth-order valence-electron chi connectivity index (χ4n) is 1.73. The third-order valence-electron chi connectivity index (χ3n) is 2.66. The fourth-order valence-corrected chi connectivity index (χ4v) is 1.90. The Morgan fingerprint density at radius 3 is 3.11 bits per heavy atom. The number of benzene rings is 1. The normalized spacial score (nSPS) is 19.3. The van der Waals surface area contributed by atoms with Crippen LogP contribution in [0.1, 0.15) is 0 Å². The lowest BCUT2D eigenvalue weighted by Gasteiger charge is -2.23. The smallest absolute Gasteiger partial charge is 0.244 e. The molecule has 1 atom stereocenters. The van der Waals surface area contributed by atoms with Crippen molar-refractivity contribution in [2.24, 2.45) is 0 Å². The van der Waals surface area contributed by atoms with Crippen molar-refractivity contribution < 1.29 is 14.3 Å². The molecule has 1 unspecified atom stereocenters. The van der Waals surface area contributed by atoms with Crippen molar-refractivity contribution in [1.29, 1.82) is 0 Å². The van der Waals surface area contributed by atoms with E-state index < -0.39 is 0 Å². The van der Waals surface area contributed by atoms with Crippen molar-refractivity contribution in [2.75, 3.05) is 32.2 Å². The van der Waals surface area contributed by atoms with Gasteiger partial charge in [0, 0.05) is 11.6 Å². The van der Waals surface area contributed by atoms with E-state index in [9.17, 15) is 4.79 Å². The van der Waals surface area contributed by atoms with E-state index in [-0.39, 0.29) is 11.9 Å². The van der Waals surface area contributed by atoms with Gasteiger partial charge in [-0.3, -0.25) is 4.79 Å². The molecule has 1 saturated heterocycles. The Hall–Kier alpha value is -1.30. The van der Waals surface area contributed by atoms with Gasteiger partial charge in [-0.25, -0.2) is 0 Å². The van der Waals surface area contributed by atoms with E-state index in [4.69, 9.17) is 21.1 Å². The zero-order valence-electron chi connectivity index (χ0n) is 10.0. The number of carbonyl (C=O) groups excluding carboxylic acids is 1. The summed E-state index contributed by atoms with van der Waals surface area (Å²) in [7, 11) is 1.54. The van der Waals surface area contributed by atoms with Gasteiger partial charge in [-0.15, -0.1) is 0 Å². The topological polar surface area (TPSA) is 59.6 Å². The van der Waals surface area contributed by atoms with Gasteiger partial charge < -0.3 is 20.1 Å². The van der Waals surface area contributed by atoms with Crippen LogP contribution < -0.4 is 15.4 Å². The second-order valence-corrected chi connectivity index (χ2v) is 4.35. The van der Waals surface area contributed by atoms with Gasteiger partial charge in [-0.1, -0.05) is 11.6 Å². The van der Waals surface area contributed by atoms with Crippen LogP contribution in [0.15, 0.2) is 18.2 Å². The Morgan fingerprint density at radius 1 is 1.61 bits per heavy atom. The number of morpholine rings is 1. The van der Waals surface area contributed by atoms with E-state index in [0.29, 0.717) is 36.2 Å². The Labute approximate surface area is 110 Å². The van der Waals surface area contributed by atoms with E-state index in [1.807, 2.05) is 0 Å². The highest BCUT2D eigenvalue weighted by molar-refractivity contribution is 6.31. The third kappa shape index (κ3) is 3.13. The summed E-state index contributed by atoms with van der Waals surface area (Å²) in [6, 6.07) is 4.73. The fraction of sp³-hybridized carbons (Fsp3) is 0.417. The SMILES string of the molecule is COc1ccc(Cl)cc1NC(=O)C1COCCN1. The molecule has 2 N–H and O–H groups in total. The molecule has 1 aromatic rings. The van der Waals surface area contributed by atoms with Gasteiger partial charge in [0.1, 0.15) is 11.8 Å². The number of methoxy groups -OCH3 is 1. The summed E-state index contributed by atoms with van der Waals surface area (Å²) in [5, 5.41) is 6.40. The first kappa shape index (κ1) is 13.1. The molecule has 98 valence electrons. The number of ether oxygens (including phenoxy) is 2. The number of halogens is 1. The Balaban J connectivity index is 2.07. The highest BCUT2D eigenvalue weighted by atomic mass is 35.5. The van der Waals surface area contributed by atoms with Crippen LogP contribution in [-0.2, 0) is 9.53 Å². The van der Waals surface area contributed by atoms with Crippen LogP contribution >= 0.6 is 11.6 Å². The molecule has 1 fully saturated rings. The average molecular weight is 271 g/mol. The number of hydrogen-bond donors (Lipinski definition) is 2. The predicted molar refractivity (Wildman–Crippen MR) is 69.2 cm³/mol. The van der Waals surface area contributed by atoms with Crippen LogP contribution in [0.3, 0.4) is 0 Å². The molecule has 1 heterocycles. The van der Waals surface area contributed by atoms with Crippen LogP contribution in [0.25, 0.3) is 0 Å². The highest BCUT2D eigenvalue weighted by Gasteiger charge is 2.22. The van der Waals surface area contributed by atoms with Gasteiger partial charge in [0.05, 0.1) is 26.0 Å². The molecule has 1 aliphatic heterocycles. The molecule has 2 rings (SSSR count). The molecular formula is C12H15ClN2O3. The summed E-state index contributed by atoms with van der Waals surface area (Å²) in [5.74, 6) is 0.416. The minimum absolute atomic E-state index is 0.157. The summed E-state index contributed by atoms with van der Waals surface area (Å²) < 4.78 is 10.4. The average Bonchev–Trinajstić information content (AvgIpc) is 2.40. The van der Waals surface area contributed by atoms with E-state index in [1.54, 1.807) is 25.3 Å². The number of rotatable bonds is 3. The van der Waals surface area contributed by atoms with Crippen LogP contribution in [-0.4, -0.2) is 38.8 Å². The zero-order valence-corrected chi connectivity index (χ0v) is 10.8. The molecule has 1 aromatic carbocycles. The maximum Gasteiger partial charge on any atom is 0.244 e. The minimum atomic E-state index is -0.345. The lowest BCUT2D eigenvalue weighted by molar-refractivity contribution is -0.120. The summed E-state index contributed by atoms with van der Waals surface area (Å²) in [4.78, 5) is 12.0. The molecule has 0 aromatic heterocycles. The lowest BCUT2D eigenvalue weighted by atomic mass is 10.2. The summed E-state index contributed by atoms with van der Waals surface area (Å²) >= 11 is 5.90. The molecule has 0 saturated carbocycles. The van der Waals surface area contributed by atoms with Crippen molar-refractivity contribution in [2.45, 2.75) is 6.04 Å². The number of nitrogens with one attached hydrogen (secondary N) is 2. The van der Waals surface area contributed by atoms with Crippen LogP contribution in [0, 0.1) is 0 Å². The molecule has 6 heteroatoms. The maximum absolute atomic E-state index is 12.0. The standard InChI is InChI=1S/C12H15ClN2O3/c1-17-11-3-2-8(13)6-9(11)15-12(16)10-7-18-5-4-14-10/h2-3,6,10,14H,4-5,7H2,1H3,(H,15,16). The second kappa shape index (κ2) is 6.04. The Kier molecular flexibility index (Phi) is 4.41. The Morgan fingerprint density at radius 2 is 2.44 bits per heavy atom. The molecule has 0 spiro atoms. The monoisotopic (exact) mass is 270 g/mol. The van der Waals surface area contributed by atoms with Crippen molar-refractivity contribution >= 4 is 23.2 Å². The van der Waals surface area contributed by atoms with Crippen LogP contribution in [0.4, 0.5) is 5.69 Å². The third-order valence-corrected chi connectivity index (χ3v) is 2.89. The van der Waals surface area contributed by atoms with Crippen LogP contribution in [0.2, 0.25) is 5.02 Å². The summed E-state index contributed by atoms with van der Waals surface area (Å²) in [6.07, 6.45) is 0. The van der Waals surface area contributed by atoms with E-state index in [2.05, 4.69) is 10.6 Å².